The van der Waals surface area contributed by atoms with E-state index in [-0.39, 0.29) is 17.8 Å². The Labute approximate surface area is 168 Å². The monoisotopic (exact) mass is 403 g/mol. The number of anilines is 1. The molecular formula is C20H26FN5O3. The van der Waals surface area contributed by atoms with E-state index in [4.69, 9.17) is 4.74 Å². The number of ether oxygens (including phenoxy) is 1. The Kier molecular flexibility index (Phi) is 7.20. The van der Waals surface area contributed by atoms with Gasteiger partial charge in [-0.25, -0.2) is 9.18 Å². The summed E-state index contributed by atoms with van der Waals surface area (Å²) in [5, 5.41) is 11.6. The van der Waals surface area contributed by atoms with Crippen molar-refractivity contribution >= 4 is 17.6 Å². The number of hydrogen-bond donors (Lipinski definition) is 4. The number of halogens is 1. The fourth-order valence-electron chi connectivity index (χ4n) is 3.19. The van der Waals surface area contributed by atoms with Gasteiger partial charge in [-0.3, -0.25) is 4.79 Å². The molecule has 2 aromatic rings. The Balaban J connectivity index is 1.81. The van der Waals surface area contributed by atoms with Gasteiger partial charge >= 0.3 is 6.03 Å². The van der Waals surface area contributed by atoms with Crippen LogP contribution in [0.1, 0.15) is 23.2 Å². The summed E-state index contributed by atoms with van der Waals surface area (Å²) in [7, 11) is 1.54. The number of piperidine rings is 1. The highest BCUT2D eigenvalue weighted by Crippen LogP contribution is 2.22. The molecular weight excluding hydrogens is 377 g/mol. The molecule has 1 aromatic heterocycles. The number of methoxy groups -OCH3 is 1. The molecule has 0 aliphatic carbocycles. The van der Waals surface area contributed by atoms with Crippen LogP contribution in [0.25, 0.3) is 5.69 Å². The third-order valence-corrected chi connectivity index (χ3v) is 4.65. The molecule has 1 aliphatic rings. The first-order valence-corrected chi connectivity index (χ1v) is 9.60. The normalized spacial score (nSPS) is 16.3. The first kappa shape index (κ1) is 20.8. The van der Waals surface area contributed by atoms with Gasteiger partial charge in [0.05, 0.1) is 17.9 Å². The minimum Gasteiger partial charge on any atom is -0.383 e. The standard InChI is InChI=1S/C20H26FN5O3/c1-29-9-8-23-20(28)25-18-13-26(16-6-2-4-14(21)10-16)12-17(18)19(27)24-15-5-3-7-22-11-15/h2,4,6,10,12-13,15,22H,3,5,7-9,11H2,1H3,(H,24,27)(H2,23,25,28)/t15-/m0/s1. The molecule has 3 rings (SSSR count). The van der Waals surface area contributed by atoms with Crippen molar-refractivity contribution in [1.82, 2.24) is 20.5 Å². The van der Waals surface area contributed by atoms with Crippen LogP contribution in [-0.2, 0) is 4.74 Å². The molecule has 2 heterocycles. The van der Waals surface area contributed by atoms with Crippen LogP contribution in [0.5, 0.6) is 0 Å². The number of hydrogen-bond acceptors (Lipinski definition) is 4. The van der Waals surface area contributed by atoms with Crippen LogP contribution in [0.2, 0.25) is 0 Å². The molecule has 9 heteroatoms. The number of nitrogens with zero attached hydrogens (tertiary/aromatic N) is 1. The maximum absolute atomic E-state index is 13.6. The lowest BCUT2D eigenvalue weighted by Gasteiger charge is -2.23. The lowest BCUT2D eigenvalue weighted by molar-refractivity contribution is 0.0931. The topological polar surface area (TPSA) is 96.4 Å². The highest BCUT2D eigenvalue weighted by atomic mass is 19.1. The number of carbonyl (C=O) groups is 2. The molecule has 29 heavy (non-hydrogen) atoms. The van der Waals surface area contributed by atoms with Gasteiger partial charge in [-0.15, -0.1) is 0 Å². The Morgan fingerprint density at radius 3 is 2.93 bits per heavy atom. The zero-order chi connectivity index (χ0) is 20.6. The van der Waals surface area contributed by atoms with E-state index < -0.39 is 6.03 Å². The molecule has 1 aliphatic heterocycles. The molecule has 0 spiro atoms. The number of benzene rings is 1. The Morgan fingerprint density at radius 2 is 2.21 bits per heavy atom. The molecule has 1 aromatic carbocycles. The van der Waals surface area contributed by atoms with Gasteiger partial charge < -0.3 is 30.6 Å². The number of amides is 3. The minimum absolute atomic E-state index is 0.0251. The van der Waals surface area contributed by atoms with E-state index in [0.717, 1.165) is 19.4 Å². The Morgan fingerprint density at radius 1 is 1.34 bits per heavy atom. The van der Waals surface area contributed by atoms with E-state index in [2.05, 4.69) is 21.3 Å². The number of nitrogens with one attached hydrogen (secondary N) is 4. The highest BCUT2D eigenvalue weighted by Gasteiger charge is 2.21. The molecule has 3 amide bonds. The Hall–Kier alpha value is -2.91. The fourth-order valence-corrected chi connectivity index (χ4v) is 3.19. The van der Waals surface area contributed by atoms with Crippen LogP contribution in [0.15, 0.2) is 36.7 Å². The van der Waals surface area contributed by atoms with Crippen molar-refractivity contribution in [3.05, 3.63) is 48.0 Å². The Bertz CT molecular complexity index is 848. The molecule has 1 fully saturated rings. The van der Waals surface area contributed by atoms with E-state index in [9.17, 15) is 14.0 Å². The van der Waals surface area contributed by atoms with Crippen LogP contribution in [0.4, 0.5) is 14.9 Å². The summed E-state index contributed by atoms with van der Waals surface area (Å²) >= 11 is 0. The lowest BCUT2D eigenvalue weighted by atomic mass is 10.1. The average molecular weight is 403 g/mol. The summed E-state index contributed by atoms with van der Waals surface area (Å²) in [5.74, 6) is -0.677. The summed E-state index contributed by atoms with van der Waals surface area (Å²) in [6, 6.07) is 5.58. The van der Waals surface area contributed by atoms with Gasteiger partial charge in [0, 0.05) is 44.3 Å². The summed E-state index contributed by atoms with van der Waals surface area (Å²) in [6.07, 6.45) is 5.07. The van der Waals surface area contributed by atoms with E-state index in [1.807, 2.05) is 0 Å². The third-order valence-electron chi connectivity index (χ3n) is 4.65. The molecule has 1 saturated heterocycles. The highest BCUT2D eigenvalue weighted by molar-refractivity contribution is 6.03. The second kappa shape index (κ2) is 10.0. The van der Waals surface area contributed by atoms with Gasteiger partial charge in [-0.05, 0) is 37.6 Å². The number of aromatic nitrogens is 1. The molecule has 8 nitrogen and oxygen atoms in total. The molecule has 0 radical (unpaired) electrons. The zero-order valence-electron chi connectivity index (χ0n) is 16.3. The van der Waals surface area contributed by atoms with E-state index in [1.54, 1.807) is 36.2 Å². The van der Waals surface area contributed by atoms with Gasteiger partial charge in [0.25, 0.3) is 5.91 Å². The molecule has 156 valence electrons. The van der Waals surface area contributed by atoms with Crippen molar-refractivity contribution in [3.8, 4) is 5.69 Å². The summed E-state index contributed by atoms with van der Waals surface area (Å²) in [5.41, 5.74) is 1.19. The number of carbonyl (C=O) groups excluding carboxylic acids is 2. The largest absolute Gasteiger partial charge is 0.383 e. The van der Waals surface area contributed by atoms with Crippen LogP contribution in [0.3, 0.4) is 0 Å². The van der Waals surface area contributed by atoms with Gasteiger partial charge in [0.2, 0.25) is 0 Å². The van der Waals surface area contributed by atoms with Crippen LogP contribution >= 0.6 is 0 Å². The van der Waals surface area contributed by atoms with Gasteiger partial charge in [0.15, 0.2) is 0 Å². The van der Waals surface area contributed by atoms with Crippen molar-refractivity contribution in [2.45, 2.75) is 18.9 Å². The summed E-state index contributed by atoms with van der Waals surface area (Å²) < 4.78 is 20.1. The summed E-state index contributed by atoms with van der Waals surface area (Å²) in [4.78, 5) is 25.0. The predicted molar refractivity (Wildman–Crippen MR) is 108 cm³/mol. The quantitative estimate of drug-likeness (QED) is 0.531. The number of rotatable bonds is 7. The lowest BCUT2D eigenvalue weighted by Crippen LogP contribution is -2.45. The van der Waals surface area contributed by atoms with Crippen molar-refractivity contribution in [2.75, 3.05) is 38.7 Å². The van der Waals surface area contributed by atoms with Gasteiger partial charge in [0.1, 0.15) is 5.82 Å². The second-order valence-corrected chi connectivity index (χ2v) is 6.86. The zero-order valence-corrected chi connectivity index (χ0v) is 16.3. The minimum atomic E-state index is -0.451. The molecule has 1 atom stereocenters. The van der Waals surface area contributed by atoms with Crippen molar-refractivity contribution in [2.24, 2.45) is 0 Å². The predicted octanol–water partition coefficient (Wildman–Crippen LogP) is 1.87. The van der Waals surface area contributed by atoms with Crippen LogP contribution in [0, 0.1) is 5.82 Å². The molecule has 4 N–H and O–H groups in total. The first-order chi connectivity index (χ1) is 14.1. The van der Waals surface area contributed by atoms with Gasteiger partial charge in [-0.1, -0.05) is 6.07 Å². The van der Waals surface area contributed by atoms with Crippen LogP contribution < -0.4 is 21.3 Å². The van der Waals surface area contributed by atoms with Crippen molar-refractivity contribution in [1.29, 1.82) is 0 Å². The van der Waals surface area contributed by atoms with Gasteiger partial charge in [-0.2, -0.15) is 0 Å². The van der Waals surface area contributed by atoms with Crippen molar-refractivity contribution in [3.63, 3.8) is 0 Å². The smallest absolute Gasteiger partial charge is 0.319 e. The molecule has 0 bridgehead atoms. The maximum Gasteiger partial charge on any atom is 0.319 e. The van der Waals surface area contributed by atoms with Crippen molar-refractivity contribution < 1.29 is 18.7 Å². The first-order valence-electron chi connectivity index (χ1n) is 9.60. The molecule has 0 unspecified atom stereocenters. The number of urea groups is 1. The fraction of sp³-hybridized carbons (Fsp3) is 0.400. The second-order valence-electron chi connectivity index (χ2n) is 6.86. The maximum atomic E-state index is 13.6. The van der Waals surface area contributed by atoms with Crippen LogP contribution in [-0.4, -0.2) is 55.9 Å². The SMILES string of the molecule is COCCNC(=O)Nc1cn(-c2cccc(F)c2)cc1C(=O)N[C@H]1CCCNC1. The van der Waals surface area contributed by atoms with E-state index >= 15 is 0 Å². The molecule has 0 saturated carbocycles. The average Bonchev–Trinajstić information content (AvgIpc) is 3.13. The third kappa shape index (κ3) is 5.78. The summed E-state index contributed by atoms with van der Waals surface area (Å²) in [6.45, 7) is 2.36. The van der Waals surface area contributed by atoms with E-state index in [0.29, 0.717) is 36.6 Å². The van der Waals surface area contributed by atoms with E-state index in [1.165, 1.54) is 12.1 Å².